The number of carbonyl (C=O) groups excluding carboxylic acids is 1. The van der Waals surface area contributed by atoms with E-state index < -0.39 is 11.6 Å². The lowest BCUT2D eigenvalue weighted by Gasteiger charge is -2.22. The number of phenolic OH excluding ortho intramolecular Hbond substituents is 1. The van der Waals surface area contributed by atoms with Crippen LogP contribution >= 0.6 is 34.9 Å². The Morgan fingerprint density at radius 3 is 2.60 bits per heavy atom. The van der Waals surface area contributed by atoms with Gasteiger partial charge in [0.05, 0.1) is 38.2 Å². The number of aromatic amines is 1. The number of fused-ring (bicyclic) bond motifs is 2. The van der Waals surface area contributed by atoms with E-state index in [2.05, 4.69) is 25.0 Å². The Morgan fingerprint density at radius 2 is 1.92 bits per heavy atom. The number of rotatable bonds is 10. The summed E-state index contributed by atoms with van der Waals surface area (Å²) in [7, 11) is 3.57. The van der Waals surface area contributed by atoms with E-state index in [1.807, 2.05) is 18.4 Å². The molecule has 0 saturated heterocycles. The number of aromatic hydroxyl groups is 1. The molecular weight excluding hydrogens is 676 g/mol. The van der Waals surface area contributed by atoms with Crippen LogP contribution in [0.15, 0.2) is 70.7 Å². The van der Waals surface area contributed by atoms with Gasteiger partial charge in [0.2, 0.25) is 0 Å². The summed E-state index contributed by atoms with van der Waals surface area (Å²) in [5.74, 6) is -0.732. The molecule has 1 unspecified atom stereocenters. The molecule has 0 amide bonds. The van der Waals surface area contributed by atoms with Crippen LogP contribution in [-0.2, 0) is 17.6 Å². The number of nitrogens with one attached hydrogen (secondary N) is 3. The molecule has 14 heteroatoms. The largest absolute Gasteiger partial charge is 0.508 e. The highest BCUT2D eigenvalue weighted by molar-refractivity contribution is 7.97. The first-order chi connectivity index (χ1) is 23.2. The van der Waals surface area contributed by atoms with Crippen molar-refractivity contribution in [3.05, 3.63) is 105 Å². The van der Waals surface area contributed by atoms with Crippen LogP contribution in [0.5, 0.6) is 5.75 Å². The van der Waals surface area contributed by atoms with E-state index in [0.717, 1.165) is 44.6 Å². The van der Waals surface area contributed by atoms with Crippen LogP contribution in [0.25, 0.3) is 32.4 Å². The number of aldehydes is 1. The van der Waals surface area contributed by atoms with Crippen molar-refractivity contribution in [2.24, 2.45) is 10.1 Å². The Hall–Kier alpha value is -4.56. The van der Waals surface area contributed by atoms with Gasteiger partial charge in [-0.2, -0.15) is 4.40 Å². The van der Waals surface area contributed by atoms with Gasteiger partial charge < -0.3 is 31.3 Å². The number of aromatic nitrogens is 3. The van der Waals surface area contributed by atoms with Crippen LogP contribution in [0.3, 0.4) is 0 Å². The van der Waals surface area contributed by atoms with Gasteiger partial charge >= 0.3 is 0 Å². The molecule has 6 aromatic rings. The van der Waals surface area contributed by atoms with Gasteiger partial charge in [-0.3, -0.25) is 0 Å². The highest BCUT2D eigenvalue weighted by Gasteiger charge is 2.24. The fraction of sp³-hybridized carbons (Fsp3) is 0.176. The maximum absolute atomic E-state index is 13.9. The lowest BCUT2D eigenvalue weighted by atomic mass is 9.93. The number of nitrogens with two attached hydrogens (primary N) is 1. The second kappa shape index (κ2) is 15.6. The fourth-order valence-corrected chi connectivity index (χ4v) is 6.67. The van der Waals surface area contributed by atoms with Crippen molar-refractivity contribution in [3.63, 3.8) is 0 Å². The van der Waals surface area contributed by atoms with Gasteiger partial charge in [-0.25, -0.2) is 18.7 Å². The fourth-order valence-electron chi connectivity index (χ4n) is 5.47. The molecule has 0 spiro atoms. The third-order valence-electron chi connectivity index (χ3n) is 7.59. The number of pyridine rings is 1. The van der Waals surface area contributed by atoms with Crippen molar-refractivity contribution >= 4 is 73.9 Å². The summed E-state index contributed by atoms with van der Waals surface area (Å²) < 4.78 is 32.9. The minimum atomic E-state index is -0.624. The molecule has 0 saturated carbocycles. The molecule has 6 N–H and O–H groups in total. The number of anilines is 1. The molecule has 0 aliphatic rings. The highest BCUT2D eigenvalue weighted by Crippen LogP contribution is 2.40. The van der Waals surface area contributed by atoms with Crippen LogP contribution in [-0.4, -0.2) is 52.5 Å². The molecule has 0 aliphatic carbocycles. The number of carbonyl (C=O) groups is 1. The van der Waals surface area contributed by atoms with Crippen molar-refractivity contribution in [3.8, 4) is 16.9 Å². The number of hydrogen-bond donors (Lipinski definition) is 5. The van der Waals surface area contributed by atoms with Gasteiger partial charge in [0.25, 0.3) is 0 Å². The Kier molecular flexibility index (Phi) is 11.3. The molecule has 3 aromatic heterocycles. The summed E-state index contributed by atoms with van der Waals surface area (Å²) in [6.45, 7) is 0. The SMILES string of the molecule is CNc1c(-c2cc3scnc3nc2C(Cc2cc(F)cc(F)c2)NC)ccc(Cl)c1/C(N)=N/SC.O=CCc1c[nH]c2ccc(O)cc12. The van der Waals surface area contributed by atoms with Crippen molar-refractivity contribution in [1.29, 1.82) is 0 Å². The summed E-state index contributed by atoms with van der Waals surface area (Å²) in [5, 5.41) is 17.1. The minimum absolute atomic E-state index is 0.222. The Labute approximate surface area is 288 Å². The third kappa shape index (κ3) is 7.60. The number of amidine groups is 1. The lowest BCUT2D eigenvalue weighted by molar-refractivity contribution is -0.107. The topological polar surface area (TPSA) is 141 Å². The number of halogens is 3. The number of hydrogen-bond acceptors (Lipinski definition) is 9. The van der Waals surface area contributed by atoms with E-state index in [0.29, 0.717) is 51.9 Å². The summed E-state index contributed by atoms with van der Waals surface area (Å²) in [5.41, 5.74) is 14.6. The molecule has 0 radical (unpaired) electrons. The average Bonchev–Trinajstić information content (AvgIpc) is 3.69. The van der Waals surface area contributed by atoms with E-state index in [1.54, 1.807) is 50.1 Å². The molecule has 0 fully saturated rings. The van der Waals surface area contributed by atoms with E-state index in [9.17, 15) is 18.7 Å². The predicted molar refractivity (Wildman–Crippen MR) is 193 cm³/mol. The number of likely N-dealkylation sites (N-methyl/N-ethyl adjacent to an activating group) is 1. The van der Waals surface area contributed by atoms with Crippen molar-refractivity contribution in [2.45, 2.75) is 18.9 Å². The molecule has 0 bridgehead atoms. The lowest BCUT2D eigenvalue weighted by Crippen LogP contribution is -2.22. The maximum Gasteiger partial charge on any atom is 0.170 e. The van der Waals surface area contributed by atoms with E-state index in [1.165, 1.54) is 35.4 Å². The first-order valence-corrected chi connectivity index (χ1v) is 17.1. The monoisotopic (exact) mass is 707 g/mol. The summed E-state index contributed by atoms with van der Waals surface area (Å²) >= 11 is 9.24. The van der Waals surface area contributed by atoms with Crippen LogP contribution in [0, 0.1) is 11.6 Å². The van der Waals surface area contributed by atoms with Gasteiger partial charge in [-0.1, -0.05) is 17.7 Å². The average molecular weight is 708 g/mol. The van der Waals surface area contributed by atoms with E-state index >= 15 is 0 Å². The van der Waals surface area contributed by atoms with Gasteiger partial charge in [-0.15, -0.1) is 11.3 Å². The molecule has 3 heterocycles. The van der Waals surface area contributed by atoms with Crippen LogP contribution < -0.4 is 16.4 Å². The van der Waals surface area contributed by atoms with Gasteiger partial charge in [0, 0.05) is 54.0 Å². The molecule has 248 valence electrons. The molecule has 1 atom stereocenters. The first kappa shape index (κ1) is 34.8. The minimum Gasteiger partial charge on any atom is -0.508 e. The zero-order valence-corrected chi connectivity index (χ0v) is 28.5. The molecule has 3 aromatic carbocycles. The zero-order chi connectivity index (χ0) is 34.4. The van der Waals surface area contributed by atoms with Crippen molar-refractivity contribution < 1.29 is 18.7 Å². The third-order valence-corrected chi connectivity index (χ3v) is 9.05. The van der Waals surface area contributed by atoms with Crippen molar-refractivity contribution in [2.75, 3.05) is 25.7 Å². The van der Waals surface area contributed by atoms with Crippen molar-refractivity contribution in [1.82, 2.24) is 20.3 Å². The first-order valence-electron chi connectivity index (χ1n) is 14.6. The number of H-pyrrole nitrogens is 1. The van der Waals surface area contributed by atoms with Crippen LogP contribution in [0.4, 0.5) is 14.5 Å². The van der Waals surface area contributed by atoms with E-state index in [4.69, 9.17) is 22.3 Å². The number of nitrogens with zero attached hydrogens (tertiary/aromatic N) is 3. The number of thiazole rings is 1. The van der Waals surface area contributed by atoms with Gasteiger partial charge in [-0.05, 0) is 79.0 Å². The standard InChI is InChI=1S/C24H23ClF2N6S2.C10H9NO2/c1-29-18(8-12-6-13(26)9-14(27)7-12)21-16(10-19-24(32-21)31-11-35-19)15-4-5-17(25)20(22(15)30-2)23(28)33-34-3;12-4-3-7-6-11-10-2-1-8(13)5-9(7)10/h4-7,9-11,18,29-30H,8H2,1-3H3,(H2,28,33);1-2,4-6,11,13H,3H2. The molecule has 9 nitrogen and oxygen atoms in total. The highest BCUT2D eigenvalue weighted by atomic mass is 35.5. The molecular formula is C34H32ClF2N7O2S2. The van der Waals surface area contributed by atoms with E-state index in [-0.39, 0.29) is 11.8 Å². The number of benzene rings is 3. The van der Waals surface area contributed by atoms with Gasteiger partial charge in [0.15, 0.2) is 5.65 Å². The maximum atomic E-state index is 13.9. The summed E-state index contributed by atoms with van der Waals surface area (Å²) in [4.78, 5) is 22.6. The Balaban J connectivity index is 0.000000288. The predicted octanol–water partition coefficient (Wildman–Crippen LogP) is 7.43. The second-order valence-corrected chi connectivity index (χ2v) is 12.4. The van der Waals surface area contributed by atoms with Crippen LogP contribution in [0.1, 0.15) is 28.4 Å². The van der Waals surface area contributed by atoms with Gasteiger partial charge in [0.1, 0.15) is 29.5 Å². The smallest absolute Gasteiger partial charge is 0.170 e. The van der Waals surface area contributed by atoms with Crippen LogP contribution in [0.2, 0.25) is 5.02 Å². The number of phenols is 1. The summed E-state index contributed by atoms with van der Waals surface area (Å²) in [6.07, 6.45) is 5.15. The quantitative estimate of drug-likeness (QED) is 0.0429. The summed E-state index contributed by atoms with van der Waals surface area (Å²) in [6, 6.07) is 13.9. The second-order valence-electron chi connectivity index (χ2n) is 10.6. The molecule has 48 heavy (non-hydrogen) atoms. The normalized spacial score (nSPS) is 12.2. The molecule has 0 aliphatic heterocycles. The molecule has 6 rings (SSSR count). The Morgan fingerprint density at radius 1 is 1.15 bits per heavy atom. The zero-order valence-electron chi connectivity index (χ0n) is 26.1. The Bertz CT molecular complexity index is 2100.